The molecule has 210 valence electrons. The molecule has 8 heteroatoms. The first kappa shape index (κ1) is 31.3. The lowest BCUT2D eigenvalue weighted by molar-refractivity contribution is -0.116. The third-order valence-electron chi connectivity index (χ3n) is 6.49. The summed E-state index contributed by atoms with van der Waals surface area (Å²) in [4.78, 5) is 24.4. The molecule has 3 amide bonds. The Morgan fingerprint density at radius 2 is 1.08 bits per heavy atom. The number of benzene rings is 2. The van der Waals surface area contributed by atoms with Gasteiger partial charge in [0.25, 0.3) is 10.0 Å². The first-order valence-corrected chi connectivity index (χ1v) is 15.6. The molecule has 0 aliphatic heterocycles. The molecule has 7 nitrogen and oxygen atoms in total. The zero-order chi connectivity index (χ0) is 27.6. The van der Waals surface area contributed by atoms with Gasteiger partial charge in [-0.25, -0.2) is 17.9 Å². The van der Waals surface area contributed by atoms with Crippen molar-refractivity contribution in [3.05, 3.63) is 54.1 Å². The maximum absolute atomic E-state index is 12.3. The van der Waals surface area contributed by atoms with Crippen molar-refractivity contribution in [1.82, 2.24) is 4.72 Å². The van der Waals surface area contributed by atoms with Crippen molar-refractivity contribution in [2.45, 2.75) is 109 Å². The van der Waals surface area contributed by atoms with Crippen LogP contribution in [0.15, 0.2) is 53.4 Å². The summed E-state index contributed by atoms with van der Waals surface area (Å²) < 4.78 is 26.7. The van der Waals surface area contributed by atoms with Crippen molar-refractivity contribution in [2.24, 2.45) is 0 Å². The molecular formula is C30H45N3O4S. The Morgan fingerprint density at radius 3 is 1.58 bits per heavy atom. The zero-order valence-corrected chi connectivity index (χ0v) is 23.9. The molecule has 0 saturated carbocycles. The summed E-state index contributed by atoms with van der Waals surface area (Å²) in [6.07, 6.45) is 17.0. The number of hydrogen-bond donors (Lipinski definition) is 3. The van der Waals surface area contributed by atoms with E-state index >= 15 is 0 Å². The molecule has 0 fully saturated rings. The van der Waals surface area contributed by atoms with Gasteiger partial charge in [0.1, 0.15) is 0 Å². The fourth-order valence-corrected chi connectivity index (χ4v) is 5.13. The Balaban J connectivity index is 1.57. The lowest BCUT2D eigenvalue weighted by Crippen LogP contribution is -2.34. The van der Waals surface area contributed by atoms with Crippen LogP contribution in [0.1, 0.15) is 102 Å². The first-order chi connectivity index (χ1) is 18.3. The minimum atomic E-state index is -3.96. The fraction of sp³-hybridized carbons (Fsp3) is 0.533. The third kappa shape index (κ3) is 13.1. The topological polar surface area (TPSA) is 104 Å². The van der Waals surface area contributed by atoms with Gasteiger partial charge in [0.2, 0.25) is 5.91 Å². The van der Waals surface area contributed by atoms with Crippen molar-refractivity contribution in [3.63, 3.8) is 0 Å². The van der Waals surface area contributed by atoms with Crippen LogP contribution in [0.5, 0.6) is 0 Å². The maximum atomic E-state index is 12.3. The highest BCUT2D eigenvalue weighted by Gasteiger charge is 2.17. The summed E-state index contributed by atoms with van der Waals surface area (Å²) >= 11 is 0. The second-order valence-electron chi connectivity index (χ2n) is 9.99. The Morgan fingerprint density at radius 1 is 0.632 bits per heavy atom. The van der Waals surface area contributed by atoms with Crippen LogP contribution in [0.4, 0.5) is 16.2 Å². The smallest absolute Gasteiger partial charge is 0.326 e. The van der Waals surface area contributed by atoms with Crippen molar-refractivity contribution in [3.8, 4) is 0 Å². The highest BCUT2D eigenvalue weighted by Crippen LogP contribution is 2.16. The number of unbranched alkanes of at least 4 members (excludes halogenated alkanes) is 12. The first-order valence-electron chi connectivity index (χ1n) is 14.1. The number of carbonyl (C=O) groups excluding carboxylic acids is 2. The van der Waals surface area contributed by atoms with Crippen LogP contribution in [0.25, 0.3) is 0 Å². The van der Waals surface area contributed by atoms with Crippen molar-refractivity contribution in [1.29, 1.82) is 0 Å². The van der Waals surface area contributed by atoms with E-state index in [4.69, 9.17) is 0 Å². The van der Waals surface area contributed by atoms with Gasteiger partial charge in [0, 0.05) is 17.8 Å². The van der Waals surface area contributed by atoms with Crippen LogP contribution in [-0.4, -0.2) is 20.4 Å². The average molecular weight is 544 g/mol. The van der Waals surface area contributed by atoms with Gasteiger partial charge >= 0.3 is 6.03 Å². The van der Waals surface area contributed by atoms with Gasteiger partial charge in [0.15, 0.2) is 0 Å². The van der Waals surface area contributed by atoms with Gasteiger partial charge in [-0.3, -0.25) is 4.79 Å². The molecule has 0 spiro atoms. The van der Waals surface area contributed by atoms with E-state index in [0.29, 0.717) is 17.8 Å². The Bertz CT molecular complexity index is 1070. The molecular weight excluding hydrogens is 498 g/mol. The predicted octanol–water partition coefficient (Wildman–Crippen LogP) is 7.93. The minimum absolute atomic E-state index is 0.0137. The number of aryl methyl sites for hydroxylation is 1. The van der Waals surface area contributed by atoms with Crippen LogP contribution in [0.3, 0.4) is 0 Å². The SMILES string of the molecule is CCCCCCCCCCCCCCCC(=O)Nc1ccc(NC(=O)NS(=O)(=O)c2ccc(C)cc2)cc1. The molecule has 3 N–H and O–H groups in total. The molecule has 2 rings (SSSR count). The zero-order valence-electron chi connectivity index (χ0n) is 23.1. The largest absolute Gasteiger partial charge is 0.333 e. The normalized spacial score (nSPS) is 11.2. The van der Waals surface area contributed by atoms with E-state index < -0.39 is 16.1 Å². The summed E-state index contributed by atoms with van der Waals surface area (Å²) in [6.45, 7) is 4.10. The van der Waals surface area contributed by atoms with E-state index in [9.17, 15) is 18.0 Å². The van der Waals surface area contributed by atoms with E-state index in [2.05, 4.69) is 17.6 Å². The monoisotopic (exact) mass is 543 g/mol. The fourth-order valence-electron chi connectivity index (χ4n) is 4.22. The molecule has 2 aromatic rings. The molecule has 0 unspecified atom stereocenters. The Labute approximate surface area is 229 Å². The van der Waals surface area contributed by atoms with E-state index in [-0.39, 0.29) is 10.8 Å². The molecule has 0 saturated heterocycles. The summed E-state index contributed by atoms with van der Waals surface area (Å²) in [5.41, 5.74) is 1.96. The third-order valence-corrected chi connectivity index (χ3v) is 7.84. The van der Waals surface area contributed by atoms with E-state index in [1.54, 1.807) is 36.4 Å². The van der Waals surface area contributed by atoms with Crippen molar-refractivity contribution in [2.75, 3.05) is 10.6 Å². The Hall–Kier alpha value is -2.87. The summed E-state index contributed by atoms with van der Waals surface area (Å²) in [7, 11) is -3.96. The van der Waals surface area contributed by atoms with Crippen LogP contribution in [-0.2, 0) is 14.8 Å². The molecule has 0 bridgehead atoms. The van der Waals surface area contributed by atoms with Gasteiger partial charge in [-0.05, 0) is 49.7 Å². The number of urea groups is 1. The number of rotatable bonds is 18. The summed E-state index contributed by atoms with van der Waals surface area (Å²) in [6, 6.07) is 11.9. The highest BCUT2D eigenvalue weighted by atomic mass is 32.2. The summed E-state index contributed by atoms with van der Waals surface area (Å²) in [5, 5.41) is 5.36. The van der Waals surface area contributed by atoms with Crippen molar-refractivity contribution < 1.29 is 18.0 Å². The highest BCUT2D eigenvalue weighted by molar-refractivity contribution is 7.90. The van der Waals surface area contributed by atoms with Gasteiger partial charge in [-0.2, -0.15) is 0 Å². The predicted molar refractivity (Wildman–Crippen MR) is 156 cm³/mol. The molecule has 0 radical (unpaired) electrons. The number of hydrogen-bond acceptors (Lipinski definition) is 4. The molecule has 38 heavy (non-hydrogen) atoms. The lowest BCUT2D eigenvalue weighted by Gasteiger charge is -2.10. The van der Waals surface area contributed by atoms with Crippen LogP contribution < -0.4 is 15.4 Å². The van der Waals surface area contributed by atoms with Gasteiger partial charge in [-0.15, -0.1) is 0 Å². The second kappa shape index (κ2) is 17.6. The maximum Gasteiger partial charge on any atom is 0.333 e. The van der Waals surface area contributed by atoms with Crippen LogP contribution in [0.2, 0.25) is 0 Å². The lowest BCUT2D eigenvalue weighted by atomic mass is 10.0. The molecule has 0 aromatic heterocycles. The van der Waals surface area contributed by atoms with Gasteiger partial charge < -0.3 is 10.6 Å². The average Bonchev–Trinajstić information content (AvgIpc) is 2.88. The van der Waals surface area contributed by atoms with Crippen molar-refractivity contribution >= 4 is 33.3 Å². The van der Waals surface area contributed by atoms with Crippen LogP contribution >= 0.6 is 0 Å². The Kier molecular flexibility index (Phi) is 14.5. The number of amides is 3. The van der Waals surface area contributed by atoms with Gasteiger partial charge in [-0.1, -0.05) is 102 Å². The quantitative estimate of drug-likeness (QED) is 0.166. The van der Waals surface area contributed by atoms with E-state index in [1.807, 2.05) is 11.6 Å². The number of sulfonamides is 1. The number of nitrogens with one attached hydrogen (secondary N) is 3. The number of anilines is 2. The second-order valence-corrected chi connectivity index (χ2v) is 11.7. The summed E-state index contributed by atoms with van der Waals surface area (Å²) in [5.74, 6) is -0.0317. The minimum Gasteiger partial charge on any atom is -0.326 e. The number of carbonyl (C=O) groups is 2. The van der Waals surface area contributed by atoms with E-state index in [0.717, 1.165) is 18.4 Å². The van der Waals surface area contributed by atoms with Crippen LogP contribution in [0, 0.1) is 6.92 Å². The molecule has 0 heterocycles. The standard InChI is InChI=1S/C30H45N3O4S/c1-3-4-5-6-7-8-9-10-11-12-13-14-15-16-29(34)31-26-19-21-27(22-20-26)32-30(35)33-38(36,37)28-23-17-25(2)18-24-28/h17-24H,3-16H2,1-2H3,(H,31,34)(H2,32,33,35). The van der Waals surface area contributed by atoms with Gasteiger partial charge in [0.05, 0.1) is 4.90 Å². The molecule has 0 aliphatic rings. The van der Waals surface area contributed by atoms with E-state index in [1.165, 1.54) is 82.8 Å². The molecule has 0 aliphatic carbocycles. The molecule has 2 aromatic carbocycles. The molecule has 0 atom stereocenters.